The molecule has 0 aromatic heterocycles. The summed E-state index contributed by atoms with van der Waals surface area (Å²) in [6, 6.07) is 13.2. The molecule has 2 aromatic rings. The van der Waals surface area contributed by atoms with Crippen LogP contribution in [0.2, 0.25) is 10.0 Å². The Labute approximate surface area is 121 Å². The van der Waals surface area contributed by atoms with Crippen molar-refractivity contribution in [2.75, 3.05) is 0 Å². The predicted octanol–water partition coefficient (Wildman–Crippen LogP) is 5.20. The largest absolute Gasteiger partial charge is 0.389 e. The van der Waals surface area contributed by atoms with Crippen molar-refractivity contribution in [3.05, 3.63) is 58.1 Å². The molecule has 2 rings (SSSR count). The van der Waals surface area contributed by atoms with E-state index in [4.69, 9.17) is 23.2 Å². The summed E-state index contributed by atoms with van der Waals surface area (Å²) in [4.78, 5) is 2.04. The zero-order valence-corrected chi connectivity index (χ0v) is 12.1. The van der Waals surface area contributed by atoms with Gasteiger partial charge in [0.2, 0.25) is 0 Å². The van der Waals surface area contributed by atoms with Crippen LogP contribution in [0.4, 0.5) is 0 Å². The molecule has 0 spiro atoms. The molecule has 0 aliphatic heterocycles. The number of aliphatic hydroxyl groups is 1. The minimum absolute atomic E-state index is 0.503. The topological polar surface area (TPSA) is 20.2 Å². The molecule has 0 saturated heterocycles. The zero-order valence-electron chi connectivity index (χ0n) is 9.73. The lowest BCUT2D eigenvalue weighted by atomic mass is 10.1. The first-order valence-corrected chi connectivity index (χ1v) is 7.04. The van der Waals surface area contributed by atoms with Crippen LogP contribution in [0.3, 0.4) is 0 Å². The van der Waals surface area contributed by atoms with E-state index in [0.29, 0.717) is 5.02 Å². The Morgan fingerprint density at radius 1 is 1.06 bits per heavy atom. The number of aliphatic hydroxyl groups excluding tert-OH is 1. The quantitative estimate of drug-likeness (QED) is 0.840. The summed E-state index contributed by atoms with van der Waals surface area (Å²) < 4.78 is 0. The molecule has 0 unspecified atom stereocenters. The summed E-state index contributed by atoms with van der Waals surface area (Å²) in [5.41, 5.74) is 0.820. The monoisotopic (exact) mass is 298 g/mol. The van der Waals surface area contributed by atoms with Gasteiger partial charge in [-0.3, -0.25) is 0 Å². The van der Waals surface area contributed by atoms with E-state index in [-0.39, 0.29) is 0 Å². The first-order chi connectivity index (χ1) is 8.56. The van der Waals surface area contributed by atoms with Gasteiger partial charge in [0.05, 0.1) is 11.1 Å². The highest BCUT2D eigenvalue weighted by Crippen LogP contribution is 2.35. The standard InChI is InChI=1S/C14H12Cl2OS/c1-9(17)10-2-7-14(13(16)8-10)18-12-5-3-11(15)4-6-12/h2-9,17H,1H3/t9-/m0/s1. The Hall–Kier alpha value is -0.670. The third-order valence-electron chi connectivity index (χ3n) is 2.48. The average molecular weight is 299 g/mol. The molecule has 0 aliphatic rings. The van der Waals surface area contributed by atoms with E-state index in [1.807, 2.05) is 36.4 Å². The van der Waals surface area contributed by atoms with E-state index in [0.717, 1.165) is 20.4 Å². The summed E-state index contributed by atoms with van der Waals surface area (Å²) in [6.45, 7) is 1.72. The molecule has 0 amide bonds. The van der Waals surface area contributed by atoms with Crippen molar-refractivity contribution in [2.24, 2.45) is 0 Å². The van der Waals surface area contributed by atoms with Crippen molar-refractivity contribution < 1.29 is 5.11 Å². The lowest BCUT2D eigenvalue weighted by molar-refractivity contribution is 0.199. The van der Waals surface area contributed by atoms with Gasteiger partial charge in [-0.25, -0.2) is 0 Å². The third kappa shape index (κ3) is 3.42. The Kier molecular flexibility index (Phi) is 4.57. The van der Waals surface area contributed by atoms with E-state index in [9.17, 15) is 5.11 Å². The zero-order chi connectivity index (χ0) is 13.1. The van der Waals surface area contributed by atoms with Gasteiger partial charge in [0, 0.05) is 14.8 Å². The highest BCUT2D eigenvalue weighted by atomic mass is 35.5. The van der Waals surface area contributed by atoms with Gasteiger partial charge in [0.1, 0.15) is 0 Å². The molecule has 94 valence electrons. The average Bonchev–Trinajstić information content (AvgIpc) is 2.34. The van der Waals surface area contributed by atoms with Crippen molar-refractivity contribution >= 4 is 35.0 Å². The van der Waals surface area contributed by atoms with Gasteiger partial charge in [0.25, 0.3) is 0 Å². The van der Waals surface area contributed by atoms with Crippen LogP contribution in [-0.4, -0.2) is 5.11 Å². The van der Waals surface area contributed by atoms with Gasteiger partial charge in [-0.1, -0.05) is 41.0 Å². The molecular weight excluding hydrogens is 287 g/mol. The minimum Gasteiger partial charge on any atom is -0.389 e. The maximum atomic E-state index is 9.48. The van der Waals surface area contributed by atoms with Crippen LogP contribution in [0.15, 0.2) is 52.3 Å². The summed E-state index contributed by atoms with van der Waals surface area (Å²) in [5.74, 6) is 0. The second-order valence-corrected chi connectivity index (χ2v) is 5.88. The molecule has 1 nitrogen and oxygen atoms in total. The molecule has 1 N–H and O–H groups in total. The molecular formula is C14H12Cl2OS. The lowest BCUT2D eigenvalue weighted by Gasteiger charge is -2.09. The minimum atomic E-state index is -0.503. The summed E-state index contributed by atoms with van der Waals surface area (Å²) in [7, 11) is 0. The molecule has 0 bridgehead atoms. The molecule has 2 aromatic carbocycles. The van der Waals surface area contributed by atoms with Crippen molar-refractivity contribution in [3.63, 3.8) is 0 Å². The Morgan fingerprint density at radius 2 is 1.72 bits per heavy atom. The molecule has 0 radical (unpaired) electrons. The van der Waals surface area contributed by atoms with Crippen LogP contribution >= 0.6 is 35.0 Å². The number of halogens is 2. The maximum Gasteiger partial charge on any atom is 0.0762 e. The molecule has 18 heavy (non-hydrogen) atoms. The highest BCUT2D eigenvalue weighted by Gasteiger charge is 2.07. The Bertz CT molecular complexity index is 538. The van der Waals surface area contributed by atoms with Gasteiger partial charge in [-0.2, -0.15) is 0 Å². The molecule has 0 fully saturated rings. The first kappa shape index (κ1) is 13.8. The van der Waals surface area contributed by atoms with Crippen molar-refractivity contribution in [2.45, 2.75) is 22.8 Å². The van der Waals surface area contributed by atoms with E-state index in [2.05, 4.69) is 0 Å². The Morgan fingerprint density at radius 3 is 2.28 bits per heavy atom. The molecule has 0 heterocycles. The van der Waals surface area contributed by atoms with Gasteiger partial charge in [-0.05, 0) is 48.9 Å². The fourth-order valence-corrected chi connectivity index (χ4v) is 2.74. The molecule has 1 atom stereocenters. The van der Waals surface area contributed by atoms with Gasteiger partial charge in [0.15, 0.2) is 0 Å². The third-order valence-corrected chi connectivity index (χ3v) is 4.24. The van der Waals surface area contributed by atoms with Crippen LogP contribution < -0.4 is 0 Å². The van der Waals surface area contributed by atoms with Crippen LogP contribution in [-0.2, 0) is 0 Å². The number of rotatable bonds is 3. The summed E-state index contributed by atoms with van der Waals surface area (Å²) >= 11 is 13.6. The van der Waals surface area contributed by atoms with Crippen LogP contribution in [0.25, 0.3) is 0 Å². The predicted molar refractivity (Wildman–Crippen MR) is 77.7 cm³/mol. The maximum absolute atomic E-state index is 9.48. The van der Waals surface area contributed by atoms with Gasteiger partial charge >= 0.3 is 0 Å². The second kappa shape index (κ2) is 5.98. The van der Waals surface area contributed by atoms with Crippen LogP contribution in [0, 0.1) is 0 Å². The SMILES string of the molecule is C[C@H](O)c1ccc(Sc2ccc(Cl)cc2)c(Cl)c1. The summed E-state index contributed by atoms with van der Waals surface area (Å²) in [6.07, 6.45) is -0.503. The number of hydrogen-bond acceptors (Lipinski definition) is 2. The smallest absolute Gasteiger partial charge is 0.0762 e. The normalized spacial score (nSPS) is 12.4. The van der Waals surface area contributed by atoms with E-state index >= 15 is 0 Å². The lowest BCUT2D eigenvalue weighted by Crippen LogP contribution is -1.90. The molecule has 0 saturated carbocycles. The van der Waals surface area contributed by atoms with Gasteiger partial charge < -0.3 is 5.11 Å². The second-order valence-electron chi connectivity index (χ2n) is 3.92. The van der Waals surface area contributed by atoms with E-state index in [1.165, 1.54) is 0 Å². The number of hydrogen-bond donors (Lipinski definition) is 1. The van der Waals surface area contributed by atoms with Crippen molar-refractivity contribution in [3.8, 4) is 0 Å². The Balaban J connectivity index is 2.22. The van der Waals surface area contributed by atoms with E-state index in [1.54, 1.807) is 24.8 Å². The van der Waals surface area contributed by atoms with E-state index < -0.39 is 6.10 Å². The van der Waals surface area contributed by atoms with Crippen molar-refractivity contribution in [1.82, 2.24) is 0 Å². The van der Waals surface area contributed by atoms with Gasteiger partial charge in [-0.15, -0.1) is 0 Å². The van der Waals surface area contributed by atoms with Crippen LogP contribution in [0.5, 0.6) is 0 Å². The fraction of sp³-hybridized carbons (Fsp3) is 0.143. The first-order valence-electron chi connectivity index (χ1n) is 5.47. The van der Waals surface area contributed by atoms with Crippen molar-refractivity contribution in [1.29, 1.82) is 0 Å². The molecule has 4 heteroatoms. The molecule has 0 aliphatic carbocycles. The summed E-state index contributed by atoms with van der Waals surface area (Å²) in [5, 5.41) is 10.8. The number of benzene rings is 2. The van der Waals surface area contributed by atoms with Crippen LogP contribution in [0.1, 0.15) is 18.6 Å². The fourth-order valence-electron chi connectivity index (χ4n) is 1.49. The highest BCUT2D eigenvalue weighted by molar-refractivity contribution is 7.99.